The molecule has 1 aliphatic heterocycles. The van der Waals surface area contributed by atoms with E-state index in [1.807, 2.05) is 6.92 Å². The number of rotatable bonds is 16. The summed E-state index contributed by atoms with van der Waals surface area (Å²) < 4.78 is 5.32. The normalized spacial score (nSPS) is 15.9. The van der Waals surface area contributed by atoms with Crippen molar-refractivity contribution in [2.24, 2.45) is 0 Å². The van der Waals surface area contributed by atoms with Crippen LogP contribution in [0.4, 0.5) is 4.79 Å². The maximum atomic E-state index is 11.7. The first kappa shape index (κ1) is 23.3. The molecule has 1 heterocycles. The predicted molar refractivity (Wildman–Crippen MR) is 108 cm³/mol. The molecule has 1 rings (SSSR count). The van der Waals surface area contributed by atoms with Gasteiger partial charge in [0, 0.05) is 13.1 Å². The molecule has 0 spiro atoms. The Hall–Kier alpha value is -0.770. The van der Waals surface area contributed by atoms with Crippen molar-refractivity contribution < 1.29 is 14.4 Å². The van der Waals surface area contributed by atoms with Crippen LogP contribution >= 0.6 is 0 Å². The minimum absolute atomic E-state index is 0.0437. The molecule has 0 aromatic rings. The van der Waals surface area contributed by atoms with Gasteiger partial charge >= 0.3 is 6.16 Å². The van der Waals surface area contributed by atoms with Crippen LogP contribution in [0.5, 0.6) is 0 Å². The van der Waals surface area contributed by atoms with Gasteiger partial charge in [0.15, 0.2) is 0 Å². The molecule has 1 unspecified atom stereocenters. The molecule has 0 aliphatic carbocycles. The largest absolute Gasteiger partial charge is 0.528 e. The summed E-state index contributed by atoms with van der Waals surface area (Å²) in [6, 6.07) is 0. The molecule has 1 aliphatic rings. The van der Waals surface area contributed by atoms with Crippen molar-refractivity contribution >= 4 is 6.16 Å². The van der Waals surface area contributed by atoms with Crippen LogP contribution in [0.25, 0.3) is 0 Å². The lowest BCUT2D eigenvalue weighted by atomic mass is 10.0. The topological polar surface area (TPSA) is 38.8 Å². The summed E-state index contributed by atoms with van der Waals surface area (Å²) in [6.07, 6.45) is 20.2. The third kappa shape index (κ3) is 13.4. The van der Waals surface area contributed by atoms with Crippen LogP contribution in [0.1, 0.15) is 117 Å². The number of hydrogen-bond donors (Lipinski definition) is 0. The first-order valence-corrected chi connectivity index (χ1v) is 11.4. The molecule has 154 valence electrons. The van der Waals surface area contributed by atoms with Crippen LogP contribution in [0, 0.1) is 0 Å². The molecule has 4 nitrogen and oxygen atoms in total. The summed E-state index contributed by atoms with van der Waals surface area (Å²) in [4.78, 5) is 16.8. The highest BCUT2D eigenvalue weighted by atomic mass is 16.8. The number of nitrogens with zero attached hydrogens (tertiary/aromatic N) is 1. The van der Waals surface area contributed by atoms with Gasteiger partial charge in [-0.25, -0.2) is 4.79 Å². The quantitative estimate of drug-likeness (QED) is 0.216. The Morgan fingerprint density at radius 3 is 1.77 bits per heavy atom. The van der Waals surface area contributed by atoms with Crippen molar-refractivity contribution in [3.8, 4) is 0 Å². The molecule has 1 atom stereocenters. The number of hydrogen-bond acceptors (Lipinski definition) is 4. The number of unbranched alkanes of at least 4 members (excludes halogenated alkanes) is 12. The van der Waals surface area contributed by atoms with Gasteiger partial charge in [0.25, 0.3) is 0 Å². The Labute approximate surface area is 161 Å². The van der Waals surface area contributed by atoms with Crippen LogP contribution < -0.4 is 0 Å². The summed E-state index contributed by atoms with van der Waals surface area (Å²) in [6.45, 7) is 5.91. The zero-order valence-corrected chi connectivity index (χ0v) is 17.5. The summed E-state index contributed by atoms with van der Waals surface area (Å²) in [5.41, 5.74) is 0. The van der Waals surface area contributed by atoms with E-state index in [2.05, 4.69) is 6.92 Å². The molecule has 26 heavy (non-hydrogen) atoms. The number of carbonyl (C=O) groups is 1. The molecular formula is C22H43NO3. The average molecular weight is 370 g/mol. The number of carbonyl (C=O) groups excluding carboxylic acids is 1. The fourth-order valence-electron chi connectivity index (χ4n) is 3.58. The molecule has 0 amide bonds. The standard InChI is InChI=1S/C22H43NO3/c1-3-4-5-6-7-8-9-10-11-12-13-14-15-18-21(2)25-22(24)26-23-19-16-17-20-23/h21H,3-20H2,1-2H3. The minimum atomic E-state index is -0.533. The summed E-state index contributed by atoms with van der Waals surface area (Å²) >= 11 is 0. The zero-order valence-electron chi connectivity index (χ0n) is 17.5. The van der Waals surface area contributed by atoms with Crippen molar-refractivity contribution in [1.29, 1.82) is 0 Å². The lowest BCUT2D eigenvalue weighted by Crippen LogP contribution is -2.26. The second-order valence-corrected chi connectivity index (χ2v) is 7.94. The van der Waals surface area contributed by atoms with Gasteiger partial charge < -0.3 is 9.57 Å². The second kappa shape index (κ2) is 16.4. The third-order valence-corrected chi connectivity index (χ3v) is 5.28. The smallest absolute Gasteiger partial charge is 0.430 e. The predicted octanol–water partition coefficient (Wildman–Crippen LogP) is 7.02. The van der Waals surface area contributed by atoms with Gasteiger partial charge in [-0.15, -0.1) is 5.06 Å². The van der Waals surface area contributed by atoms with E-state index in [-0.39, 0.29) is 6.10 Å². The second-order valence-electron chi connectivity index (χ2n) is 7.94. The SMILES string of the molecule is CCCCCCCCCCCCCCCC(C)OC(=O)ON1CCCC1. The van der Waals surface area contributed by atoms with Crippen LogP contribution in [0.15, 0.2) is 0 Å². The first-order valence-electron chi connectivity index (χ1n) is 11.4. The number of ether oxygens (including phenoxy) is 1. The van der Waals surface area contributed by atoms with Crippen LogP contribution in [0.2, 0.25) is 0 Å². The van der Waals surface area contributed by atoms with Crippen LogP contribution in [-0.2, 0) is 9.57 Å². The minimum Gasteiger partial charge on any atom is -0.430 e. The van der Waals surface area contributed by atoms with E-state index in [1.54, 1.807) is 5.06 Å². The summed E-state index contributed by atoms with van der Waals surface area (Å²) in [5.74, 6) is 0. The maximum absolute atomic E-state index is 11.7. The van der Waals surface area contributed by atoms with Gasteiger partial charge in [0.2, 0.25) is 0 Å². The molecule has 1 fully saturated rings. The van der Waals surface area contributed by atoms with Crippen molar-refractivity contribution in [3.63, 3.8) is 0 Å². The van der Waals surface area contributed by atoms with Crippen molar-refractivity contribution in [1.82, 2.24) is 5.06 Å². The van der Waals surface area contributed by atoms with Crippen LogP contribution in [-0.4, -0.2) is 30.4 Å². The lowest BCUT2D eigenvalue weighted by molar-refractivity contribution is -0.120. The molecule has 0 aromatic carbocycles. The maximum Gasteiger partial charge on any atom is 0.528 e. The van der Waals surface area contributed by atoms with E-state index < -0.39 is 6.16 Å². The molecule has 0 aromatic heterocycles. The van der Waals surface area contributed by atoms with E-state index in [4.69, 9.17) is 9.57 Å². The molecular weight excluding hydrogens is 326 g/mol. The van der Waals surface area contributed by atoms with Gasteiger partial charge in [-0.2, -0.15) is 0 Å². The van der Waals surface area contributed by atoms with Crippen LogP contribution in [0.3, 0.4) is 0 Å². The van der Waals surface area contributed by atoms with Crippen molar-refractivity contribution in [3.05, 3.63) is 0 Å². The zero-order chi connectivity index (χ0) is 18.9. The Bertz CT molecular complexity index is 329. The van der Waals surface area contributed by atoms with Gasteiger partial charge in [0.1, 0.15) is 6.10 Å². The fraction of sp³-hybridized carbons (Fsp3) is 0.955. The van der Waals surface area contributed by atoms with E-state index in [0.29, 0.717) is 0 Å². The van der Waals surface area contributed by atoms with Crippen molar-refractivity contribution in [2.45, 2.75) is 123 Å². The monoisotopic (exact) mass is 369 g/mol. The highest BCUT2D eigenvalue weighted by molar-refractivity contribution is 5.59. The third-order valence-electron chi connectivity index (χ3n) is 5.28. The van der Waals surface area contributed by atoms with Gasteiger partial charge in [-0.1, -0.05) is 84.0 Å². The first-order chi connectivity index (χ1) is 12.7. The highest BCUT2D eigenvalue weighted by Crippen LogP contribution is 2.14. The van der Waals surface area contributed by atoms with Gasteiger partial charge in [-0.3, -0.25) is 0 Å². The van der Waals surface area contributed by atoms with E-state index >= 15 is 0 Å². The molecule has 0 N–H and O–H groups in total. The van der Waals surface area contributed by atoms with Gasteiger partial charge in [-0.05, 0) is 32.6 Å². The average Bonchev–Trinajstić information content (AvgIpc) is 3.11. The Morgan fingerprint density at radius 1 is 0.808 bits per heavy atom. The van der Waals surface area contributed by atoms with E-state index in [0.717, 1.165) is 38.8 Å². The van der Waals surface area contributed by atoms with E-state index in [9.17, 15) is 4.79 Å². The highest BCUT2D eigenvalue weighted by Gasteiger charge is 2.18. The van der Waals surface area contributed by atoms with Gasteiger partial charge in [0.05, 0.1) is 0 Å². The molecule has 1 saturated heterocycles. The lowest BCUT2D eigenvalue weighted by Gasteiger charge is -2.17. The summed E-state index contributed by atoms with van der Waals surface area (Å²) in [7, 11) is 0. The number of hydroxylamine groups is 2. The Morgan fingerprint density at radius 2 is 1.27 bits per heavy atom. The van der Waals surface area contributed by atoms with E-state index in [1.165, 1.54) is 77.0 Å². The Kier molecular flexibility index (Phi) is 14.7. The molecule has 0 saturated carbocycles. The molecule has 4 heteroatoms. The molecule has 0 bridgehead atoms. The fourth-order valence-corrected chi connectivity index (χ4v) is 3.58. The Balaban J connectivity index is 1.79. The summed E-state index contributed by atoms with van der Waals surface area (Å²) in [5, 5.41) is 1.71. The van der Waals surface area contributed by atoms with Crippen molar-refractivity contribution in [2.75, 3.05) is 13.1 Å². The molecule has 0 radical (unpaired) electrons.